The smallest absolute Gasteiger partial charge is 0.303 e. The number of hydrogen-bond donors (Lipinski definition) is 1. The van der Waals surface area contributed by atoms with Gasteiger partial charge in [-0.3, -0.25) is 9.59 Å². The maximum absolute atomic E-state index is 12.7. The number of likely N-dealkylation sites (tertiary alicyclic amines) is 1. The van der Waals surface area contributed by atoms with E-state index in [-0.39, 0.29) is 24.2 Å². The van der Waals surface area contributed by atoms with E-state index in [0.29, 0.717) is 28.9 Å². The van der Waals surface area contributed by atoms with E-state index in [0.717, 1.165) is 31.4 Å². The second kappa shape index (κ2) is 7.32. The quantitative estimate of drug-likeness (QED) is 0.845. The van der Waals surface area contributed by atoms with Crippen molar-refractivity contribution in [1.29, 1.82) is 0 Å². The predicted molar refractivity (Wildman–Crippen MR) is 93.5 cm³/mol. The maximum Gasteiger partial charge on any atom is 0.303 e. The Morgan fingerprint density at radius 1 is 1.29 bits per heavy atom. The van der Waals surface area contributed by atoms with E-state index >= 15 is 0 Å². The van der Waals surface area contributed by atoms with E-state index in [1.54, 1.807) is 6.07 Å². The van der Waals surface area contributed by atoms with Gasteiger partial charge in [0, 0.05) is 35.5 Å². The Morgan fingerprint density at radius 2 is 2.08 bits per heavy atom. The molecule has 1 aliphatic heterocycles. The molecular weight excluding hydrogens is 349 g/mol. The summed E-state index contributed by atoms with van der Waals surface area (Å²) in [7, 11) is 0. The van der Waals surface area contributed by atoms with Gasteiger partial charge in [0.15, 0.2) is 0 Å². The number of benzene rings is 1. The average Bonchev–Trinajstić information content (AvgIpc) is 3.33. The molecule has 1 aromatic rings. The number of halogens is 2. The lowest BCUT2D eigenvalue weighted by molar-refractivity contribution is -0.137. The summed E-state index contributed by atoms with van der Waals surface area (Å²) in [5, 5.41) is 10.0. The van der Waals surface area contributed by atoms with Crippen LogP contribution in [0.15, 0.2) is 18.2 Å². The molecule has 2 aliphatic rings. The highest BCUT2D eigenvalue weighted by Crippen LogP contribution is 2.51. The molecule has 3 rings (SSSR count). The summed E-state index contributed by atoms with van der Waals surface area (Å²) in [5.74, 6) is -0.0946. The molecule has 1 saturated carbocycles. The fourth-order valence-corrected chi connectivity index (χ4v) is 4.23. The van der Waals surface area contributed by atoms with Gasteiger partial charge >= 0.3 is 5.97 Å². The van der Waals surface area contributed by atoms with Crippen LogP contribution >= 0.6 is 23.2 Å². The van der Waals surface area contributed by atoms with Gasteiger partial charge < -0.3 is 10.0 Å². The number of piperidine rings is 1. The van der Waals surface area contributed by atoms with Crippen LogP contribution in [0, 0.1) is 11.8 Å². The van der Waals surface area contributed by atoms with Gasteiger partial charge in [-0.15, -0.1) is 0 Å². The number of nitrogens with zero attached hydrogens (tertiary/aromatic N) is 1. The lowest BCUT2D eigenvalue weighted by atomic mass is 9.93. The molecule has 6 heteroatoms. The summed E-state index contributed by atoms with van der Waals surface area (Å²) in [6.45, 7) is 1.46. The van der Waals surface area contributed by atoms with E-state index < -0.39 is 5.97 Å². The first-order valence-electron chi connectivity index (χ1n) is 8.41. The van der Waals surface area contributed by atoms with Crippen LogP contribution < -0.4 is 0 Å². The first-order valence-corrected chi connectivity index (χ1v) is 9.17. The Kier molecular flexibility index (Phi) is 5.36. The summed E-state index contributed by atoms with van der Waals surface area (Å²) < 4.78 is 0. The maximum atomic E-state index is 12.7. The van der Waals surface area contributed by atoms with Gasteiger partial charge in [0.2, 0.25) is 5.91 Å². The number of amides is 1. The van der Waals surface area contributed by atoms with Gasteiger partial charge in [0.05, 0.1) is 0 Å². The fourth-order valence-electron chi connectivity index (χ4n) is 3.68. The number of aliphatic carboxylic acids is 1. The molecular formula is C18H21Cl2NO3. The number of hydrogen-bond acceptors (Lipinski definition) is 2. The van der Waals surface area contributed by atoms with Gasteiger partial charge in [-0.2, -0.15) is 0 Å². The van der Waals surface area contributed by atoms with Crippen LogP contribution in [0.5, 0.6) is 0 Å². The van der Waals surface area contributed by atoms with Crippen LogP contribution in [0.25, 0.3) is 0 Å². The third kappa shape index (κ3) is 4.04. The third-order valence-electron chi connectivity index (χ3n) is 5.07. The van der Waals surface area contributed by atoms with Crippen molar-refractivity contribution in [2.24, 2.45) is 11.8 Å². The molecule has 1 aromatic carbocycles. The molecule has 0 spiro atoms. The van der Waals surface area contributed by atoms with E-state index in [1.165, 1.54) is 0 Å². The molecule has 0 bridgehead atoms. The van der Waals surface area contributed by atoms with Crippen LogP contribution in [-0.4, -0.2) is 35.0 Å². The highest BCUT2D eigenvalue weighted by molar-refractivity contribution is 6.35. The molecule has 1 amide bonds. The van der Waals surface area contributed by atoms with Crippen molar-refractivity contribution in [3.63, 3.8) is 0 Å². The number of carboxylic acid groups (broad SMARTS) is 1. The molecule has 2 fully saturated rings. The SMILES string of the molecule is O=C(O)CCC1CCCN(C(=O)C2CC2c2ccc(Cl)cc2Cl)C1. The van der Waals surface area contributed by atoms with Crippen molar-refractivity contribution in [1.82, 2.24) is 4.90 Å². The van der Waals surface area contributed by atoms with E-state index in [4.69, 9.17) is 28.3 Å². The molecule has 3 atom stereocenters. The van der Waals surface area contributed by atoms with Crippen LogP contribution in [0.4, 0.5) is 0 Å². The molecule has 1 heterocycles. The minimum absolute atomic E-state index is 0.00176. The van der Waals surface area contributed by atoms with Gasteiger partial charge in [0.25, 0.3) is 0 Å². The topological polar surface area (TPSA) is 57.6 Å². The first-order chi connectivity index (χ1) is 11.5. The normalized spacial score (nSPS) is 26.2. The third-order valence-corrected chi connectivity index (χ3v) is 5.63. The molecule has 4 nitrogen and oxygen atoms in total. The molecule has 1 aliphatic carbocycles. The second-order valence-electron chi connectivity index (χ2n) is 6.84. The van der Waals surface area contributed by atoms with Gasteiger partial charge in [-0.05, 0) is 55.2 Å². The lowest BCUT2D eigenvalue weighted by Gasteiger charge is -2.33. The van der Waals surface area contributed by atoms with Crippen LogP contribution in [-0.2, 0) is 9.59 Å². The van der Waals surface area contributed by atoms with Gasteiger partial charge in [0.1, 0.15) is 0 Å². The van der Waals surface area contributed by atoms with Crippen molar-refractivity contribution in [2.75, 3.05) is 13.1 Å². The van der Waals surface area contributed by atoms with Crippen LogP contribution in [0.1, 0.15) is 43.6 Å². The average molecular weight is 370 g/mol. The van der Waals surface area contributed by atoms with E-state index in [9.17, 15) is 9.59 Å². The molecule has 130 valence electrons. The highest BCUT2D eigenvalue weighted by atomic mass is 35.5. The molecule has 24 heavy (non-hydrogen) atoms. The summed E-state index contributed by atoms with van der Waals surface area (Å²) in [6, 6.07) is 5.45. The zero-order valence-corrected chi connectivity index (χ0v) is 14.9. The summed E-state index contributed by atoms with van der Waals surface area (Å²) >= 11 is 12.2. The predicted octanol–water partition coefficient (Wildman–Crippen LogP) is 4.20. The molecule has 0 aromatic heterocycles. The Bertz CT molecular complexity index is 649. The monoisotopic (exact) mass is 369 g/mol. The van der Waals surface area contributed by atoms with Crippen LogP contribution in [0.3, 0.4) is 0 Å². The Hall–Kier alpha value is -1.26. The van der Waals surface area contributed by atoms with E-state index in [2.05, 4.69) is 0 Å². The van der Waals surface area contributed by atoms with Crippen molar-refractivity contribution < 1.29 is 14.7 Å². The van der Waals surface area contributed by atoms with Crippen molar-refractivity contribution >= 4 is 35.1 Å². The number of rotatable bonds is 5. The van der Waals surface area contributed by atoms with Crippen molar-refractivity contribution in [3.8, 4) is 0 Å². The summed E-state index contributed by atoms with van der Waals surface area (Å²) in [6.07, 6.45) is 3.62. The minimum Gasteiger partial charge on any atom is -0.481 e. The summed E-state index contributed by atoms with van der Waals surface area (Å²) in [5.41, 5.74) is 0.999. The first kappa shape index (κ1) is 17.6. The Labute approximate surface area is 151 Å². The van der Waals surface area contributed by atoms with Crippen LogP contribution in [0.2, 0.25) is 10.0 Å². The summed E-state index contributed by atoms with van der Waals surface area (Å²) in [4.78, 5) is 25.4. The Morgan fingerprint density at radius 3 is 2.79 bits per heavy atom. The van der Waals surface area contributed by atoms with Crippen molar-refractivity contribution in [3.05, 3.63) is 33.8 Å². The number of carbonyl (C=O) groups is 2. The van der Waals surface area contributed by atoms with Gasteiger partial charge in [-0.1, -0.05) is 29.3 Å². The van der Waals surface area contributed by atoms with Crippen molar-refractivity contribution in [2.45, 2.75) is 38.0 Å². The van der Waals surface area contributed by atoms with Gasteiger partial charge in [-0.25, -0.2) is 0 Å². The Balaban J connectivity index is 1.58. The standard InChI is InChI=1S/C18H21Cl2NO3/c19-12-4-5-13(16(20)8-12)14-9-15(14)18(24)21-7-1-2-11(10-21)3-6-17(22)23/h4-5,8,11,14-15H,1-3,6-7,9-10H2,(H,22,23). The number of carbonyl (C=O) groups excluding carboxylic acids is 1. The highest BCUT2D eigenvalue weighted by Gasteiger charge is 2.47. The molecule has 3 unspecified atom stereocenters. The number of carboxylic acids is 1. The zero-order chi connectivity index (χ0) is 17.3. The zero-order valence-electron chi connectivity index (χ0n) is 13.4. The molecule has 1 saturated heterocycles. The molecule has 0 radical (unpaired) electrons. The fraction of sp³-hybridized carbons (Fsp3) is 0.556. The van der Waals surface area contributed by atoms with E-state index in [1.807, 2.05) is 17.0 Å². The second-order valence-corrected chi connectivity index (χ2v) is 7.68. The minimum atomic E-state index is -0.766. The largest absolute Gasteiger partial charge is 0.481 e. The molecule has 1 N–H and O–H groups in total. The lowest BCUT2D eigenvalue weighted by Crippen LogP contribution is -2.41.